The first-order valence-electron chi connectivity index (χ1n) is 4.25. The molecule has 0 saturated carbocycles. The molecule has 0 aliphatic rings. The summed E-state index contributed by atoms with van der Waals surface area (Å²) in [5.74, 6) is -0.260. The number of aryl methyl sites for hydroxylation is 1. The number of hydrogen-bond acceptors (Lipinski definition) is 4. The van der Waals surface area contributed by atoms with Crippen LogP contribution in [-0.4, -0.2) is 19.6 Å². The highest BCUT2D eigenvalue weighted by Gasteiger charge is 1.99. The van der Waals surface area contributed by atoms with Crippen LogP contribution < -0.4 is 4.72 Å². The zero-order valence-corrected chi connectivity index (χ0v) is 9.06. The van der Waals surface area contributed by atoms with E-state index >= 15 is 0 Å². The molecule has 0 saturated heterocycles. The Morgan fingerprint density at radius 2 is 2.07 bits per heavy atom. The van der Waals surface area contributed by atoms with Crippen LogP contribution in [0.5, 0.6) is 0 Å². The van der Waals surface area contributed by atoms with Crippen molar-refractivity contribution in [1.29, 1.82) is 0 Å². The summed E-state index contributed by atoms with van der Waals surface area (Å²) in [6.45, 7) is 2.26. The molecular weight excluding hydrogens is 198 g/mol. The molecule has 1 N–H and O–H groups in total. The summed E-state index contributed by atoms with van der Waals surface area (Å²) in [4.78, 5) is 11.8. The Hall–Kier alpha value is -1.00. The molecule has 0 bridgehead atoms. The molecule has 0 unspecified atom stereocenters. The van der Waals surface area contributed by atoms with Crippen LogP contribution in [0.1, 0.15) is 5.56 Å². The topological polar surface area (TPSA) is 38.3 Å². The third-order valence-electron chi connectivity index (χ3n) is 1.66. The van der Waals surface area contributed by atoms with Gasteiger partial charge in [-0.2, -0.15) is 0 Å². The van der Waals surface area contributed by atoms with Crippen molar-refractivity contribution in [3.05, 3.63) is 29.8 Å². The molecule has 1 rings (SSSR count). The molecule has 0 atom stereocenters. The lowest BCUT2D eigenvalue weighted by Crippen LogP contribution is -2.17. The van der Waals surface area contributed by atoms with Crippen molar-refractivity contribution in [2.24, 2.45) is 0 Å². The van der Waals surface area contributed by atoms with E-state index in [-0.39, 0.29) is 12.5 Å². The molecule has 0 amide bonds. The average Bonchev–Trinajstić information content (AvgIpc) is 2.21. The van der Waals surface area contributed by atoms with Gasteiger partial charge in [-0.25, -0.2) is 4.72 Å². The minimum atomic E-state index is -0.260. The molecule has 3 nitrogen and oxygen atoms in total. The van der Waals surface area contributed by atoms with E-state index in [9.17, 15) is 4.79 Å². The van der Waals surface area contributed by atoms with E-state index in [1.54, 1.807) is 0 Å². The minimum absolute atomic E-state index is 0.217. The summed E-state index contributed by atoms with van der Waals surface area (Å²) in [7, 11) is 1.38. The van der Waals surface area contributed by atoms with E-state index in [4.69, 9.17) is 0 Å². The molecule has 0 fully saturated rings. The fraction of sp³-hybridized carbons (Fsp3) is 0.300. The molecule has 14 heavy (non-hydrogen) atoms. The van der Waals surface area contributed by atoms with Crippen LogP contribution in [0.2, 0.25) is 0 Å². The molecular formula is C10H13NO2S. The molecule has 0 aliphatic carbocycles. The highest BCUT2D eigenvalue weighted by Crippen LogP contribution is 2.14. The molecule has 0 aliphatic heterocycles. The SMILES string of the molecule is COC(=O)CNSc1ccc(C)cc1. The lowest BCUT2D eigenvalue weighted by molar-refractivity contribution is -0.139. The fourth-order valence-corrected chi connectivity index (χ4v) is 1.49. The van der Waals surface area contributed by atoms with Gasteiger partial charge in [0.05, 0.1) is 7.11 Å². The van der Waals surface area contributed by atoms with Crippen molar-refractivity contribution in [2.75, 3.05) is 13.7 Å². The van der Waals surface area contributed by atoms with Crippen molar-refractivity contribution >= 4 is 17.9 Å². The first-order chi connectivity index (χ1) is 6.72. The number of ether oxygens (including phenoxy) is 1. The zero-order chi connectivity index (χ0) is 10.4. The van der Waals surface area contributed by atoms with Crippen LogP contribution in [-0.2, 0) is 9.53 Å². The van der Waals surface area contributed by atoms with Gasteiger partial charge in [-0.05, 0) is 31.0 Å². The van der Waals surface area contributed by atoms with Crippen LogP contribution in [0.3, 0.4) is 0 Å². The van der Waals surface area contributed by atoms with E-state index in [2.05, 4.69) is 9.46 Å². The summed E-state index contributed by atoms with van der Waals surface area (Å²) in [6, 6.07) is 8.07. The van der Waals surface area contributed by atoms with E-state index < -0.39 is 0 Å². The molecule has 4 heteroatoms. The van der Waals surface area contributed by atoms with Crippen molar-refractivity contribution in [3.8, 4) is 0 Å². The summed E-state index contributed by atoms with van der Waals surface area (Å²) in [6.07, 6.45) is 0. The van der Waals surface area contributed by atoms with Gasteiger partial charge in [0.2, 0.25) is 0 Å². The van der Waals surface area contributed by atoms with Gasteiger partial charge >= 0.3 is 5.97 Å². The standard InChI is InChI=1S/C10H13NO2S/c1-8-3-5-9(6-4-8)14-11-7-10(12)13-2/h3-6,11H,7H2,1-2H3. The van der Waals surface area contributed by atoms with Gasteiger partial charge in [0.25, 0.3) is 0 Å². The van der Waals surface area contributed by atoms with Crippen molar-refractivity contribution < 1.29 is 9.53 Å². The molecule has 1 aromatic carbocycles. The third-order valence-corrected chi connectivity index (χ3v) is 2.45. The Balaban J connectivity index is 2.31. The summed E-state index contributed by atoms with van der Waals surface area (Å²) in [5, 5.41) is 0. The second kappa shape index (κ2) is 5.67. The number of esters is 1. The Morgan fingerprint density at radius 3 is 2.64 bits per heavy atom. The van der Waals surface area contributed by atoms with E-state index in [0.717, 1.165) is 4.90 Å². The number of benzene rings is 1. The maximum Gasteiger partial charge on any atom is 0.320 e. The monoisotopic (exact) mass is 211 g/mol. The van der Waals surface area contributed by atoms with Crippen molar-refractivity contribution in [2.45, 2.75) is 11.8 Å². The van der Waals surface area contributed by atoms with E-state index in [0.29, 0.717) is 0 Å². The van der Waals surface area contributed by atoms with Crippen LogP contribution in [0.25, 0.3) is 0 Å². The summed E-state index contributed by atoms with van der Waals surface area (Å²) >= 11 is 1.42. The Labute approximate surface area is 88.0 Å². The lowest BCUT2D eigenvalue weighted by atomic mass is 10.2. The summed E-state index contributed by atoms with van der Waals surface area (Å²) in [5.41, 5.74) is 1.22. The number of carbonyl (C=O) groups is 1. The number of carbonyl (C=O) groups excluding carboxylic acids is 1. The normalized spacial score (nSPS) is 9.86. The predicted octanol–water partition coefficient (Wildman–Crippen LogP) is 1.76. The van der Waals surface area contributed by atoms with Crippen LogP contribution in [0.4, 0.5) is 0 Å². The van der Waals surface area contributed by atoms with Gasteiger partial charge in [-0.3, -0.25) is 4.79 Å². The first-order valence-corrected chi connectivity index (χ1v) is 5.07. The number of methoxy groups -OCH3 is 1. The summed E-state index contributed by atoms with van der Waals surface area (Å²) < 4.78 is 7.41. The fourth-order valence-electron chi connectivity index (χ4n) is 0.857. The highest BCUT2D eigenvalue weighted by atomic mass is 32.2. The molecule has 0 radical (unpaired) electrons. The molecule has 0 spiro atoms. The average molecular weight is 211 g/mol. The predicted molar refractivity (Wildman–Crippen MR) is 57.1 cm³/mol. The van der Waals surface area contributed by atoms with Gasteiger partial charge in [0.1, 0.15) is 6.54 Å². The Bertz CT molecular complexity index is 297. The number of nitrogens with one attached hydrogen (secondary N) is 1. The zero-order valence-electron chi connectivity index (χ0n) is 8.24. The molecule has 76 valence electrons. The maximum atomic E-state index is 10.8. The number of hydrogen-bond donors (Lipinski definition) is 1. The van der Waals surface area contributed by atoms with Gasteiger partial charge in [-0.1, -0.05) is 17.7 Å². The largest absolute Gasteiger partial charge is 0.468 e. The Morgan fingerprint density at radius 1 is 1.43 bits per heavy atom. The van der Waals surface area contributed by atoms with Crippen LogP contribution >= 0.6 is 11.9 Å². The minimum Gasteiger partial charge on any atom is -0.468 e. The molecule has 0 heterocycles. The third kappa shape index (κ3) is 3.81. The number of rotatable bonds is 4. The van der Waals surface area contributed by atoms with E-state index in [1.165, 1.54) is 24.6 Å². The maximum absolute atomic E-state index is 10.8. The van der Waals surface area contributed by atoms with Gasteiger partial charge in [-0.15, -0.1) is 0 Å². The quantitative estimate of drug-likeness (QED) is 0.608. The highest BCUT2D eigenvalue weighted by molar-refractivity contribution is 7.97. The van der Waals surface area contributed by atoms with Crippen molar-refractivity contribution in [1.82, 2.24) is 4.72 Å². The van der Waals surface area contributed by atoms with E-state index in [1.807, 2.05) is 31.2 Å². The molecule has 0 aromatic heterocycles. The van der Waals surface area contributed by atoms with Gasteiger partial charge in [0, 0.05) is 4.90 Å². The Kier molecular flexibility index (Phi) is 4.49. The smallest absolute Gasteiger partial charge is 0.320 e. The van der Waals surface area contributed by atoms with Crippen LogP contribution in [0, 0.1) is 6.92 Å². The van der Waals surface area contributed by atoms with Crippen LogP contribution in [0.15, 0.2) is 29.2 Å². The molecule has 1 aromatic rings. The van der Waals surface area contributed by atoms with Crippen molar-refractivity contribution in [3.63, 3.8) is 0 Å². The second-order valence-corrected chi connectivity index (χ2v) is 3.78. The van der Waals surface area contributed by atoms with Gasteiger partial charge < -0.3 is 4.74 Å². The second-order valence-electron chi connectivity index (χ2n) is 2.81. The van der Waals surface area contributed by atoms with Gasteiger partial charge in [0.15, 0.2) is 0 Å². The lowest BCUT2D eigenvalue weighted by Gasteiger charge is -2.02. The first kappa shape index (κ1) is 11.1.